The second kappa shape index (κ2) is 4.27. The number of aliphatic carboxylic acids is 1. The maximum absolute atomic E-state index is 11.2. The predicted octanol–water partition coefficient (Wildman–Crippen LogP) is 1.75. The highest BCUT2D eigenvalue weighted by Gasteiger charge is 2.41. The van der Waals surface area contributed by atoms with Crippen LogP contribution in [0.25, 0.3) is 0 Å². The molecule has 0 radical (unpaired) electrons. The molecule has 4 heteroatoms. The van der Waals surface area contributed by atoms with Crippen molar-refractivity contribution in [3.05, 3.63) is 35.9 Å². The molecule has 76 valence electrons. The lowest BCUT2D eigenvalue weighted by Crippen LogP contribution is -2.44. The normalized spacial score (nSPS) is 17.1. The van der Waals surface area contributed by atoms with E-state index in [-0.39, 0.29) is 0 Å². The highest BCUT2D eigenvalue weighted by Crippen LogP contribution is 2.34. The third-order valence-electron chi connectivity index (χ3n) is 2.13. The van der Waals surface area contributed by atoms with E-state index >= 15 is 0 Å². The summed E-state index contributed by atoms with van der Waals surface area (Å²) in [5.41, 5.74) is 6.44. The summed E-state index contributed by atoms with van der Waals surface area (Å²) < 4.78 is -1.04. The van der Waals surface area contributed by atoms with Gasteiger partial charge in [0.25, 0.3) is 0 Å². The van der Waals surface area contributed by atoms with E-state index in [1.54, 1.807) is 19.1 Å². The lowest BCUT2D eigenvalue weighted by molar-refractivity contribution is -0.139. The van der Waals surface area contributed by atoms with E-state index in [4.69, 9.17) is 10.8 Å². The molecule has 0 heterocycles. The molecule has 0 amide bonds. The third kappa shape index (κ3) is 1.90. The Morgan fingerprint density at radius 2 is 2.00 bits per heavy atom. The molecule has 3 nitrogen and oxygen atoms in total. The fourth-order valence-electron chi connectivity index (χ4n) is 1.26. The zero-order chi connectivity index (χ0) is 10.8. The number of nitrogens with two attached hydrogens (primary N) is 1. The first-order valence-electron chi connectivity index (χ1n) is 4.23. The summed E-state index contributed by atoms with van der Waals surface area (Å²) in [6.45, 7) is 1.70. The number of hydrogen-bond acceptors (Lipinski definition) is 2. The Morgan fingerprint density at radius 1 is 1.50 bits per heavy atom. The number of benzene rings is 1. The summed E-state index contributed by atoms with van der Waals surface area (Å²) in [7, 11) is 0. The van der Waals surface area contributed by atoms with E-state index in [1.807, 2.05) is 40.8 Å². The van der Waals surface area contributed by atoms with E-state index in [0.29, 0.717) is 0 Å². The highest BCUT2D eigenvalue weighted by atomic mass is 127. The summed E-state index contributed by atoms with van der Waals surface area (Å²) >= 11 is 1.90. The summed E-state index contributed by atoms with van der Waals surface area (Å²) in [6, 6.07) is 8.60. The number of halogens is 1. The maximum atomic E-state index is 11.2. The maximum Gasteiger partial charge on any atom is 0.325 e. The van der Waals surface area contributed by atoms with Gasteiger partial charge in [-0.25, -0.2) is 0 Å². The van der Waals surface area contributed by atoms with Gasteiger partial charge in [-0.3, -0.25) is 4.79 Å². The summed E-state index contributed by atoms with van der Waals surface area (Å²) in [6.07, 6.45) is 0. The van der Waals surface area contributed by atoms with Crippen molar-refractivity contribution in [1.29, 1.82) is 0 Å². The molecule has 0 bridgehead atoms. The van der Waals surface area contributed by atoms with Gasteiger partial charge in [0.05, 0.1) is 0 Å². The van der Waals surface area contributed by atoms with Crippen molar-refractivity contribution >= 4 is 28.6 Å². The van der Waals surface area contributed by atoms with Crippen LogP contribution in [0.3, 0.4) is 0 Å². The molecule has 0 fully saturated rings. The predicted molar refractivity (Wildman–Crippen MR) is 63.4 cm³/mol. The van der Waals surface area contributed by atoms with Gasteiger partial charge in [0.2, 0.25) is 0 Å². The van der Waals surface area contributed by atoms with Crippen LogP contribution in [0.4, 0.5) is 0 Å². The summed E-state index contributed by atoms with van der Waals surface area (Å²) in [5, 5.41) is 9.17. The Kier molecular flexibility index (Phi) is 3.49. The van der Waals surface area contributed by atoms with E-state index < -0.39 is 15.4 Å². The molecule has 1 aromatic rings. The average molecular weight is 305 g/mol. The van der Waals surface area contributed by atoms with Crippen LogP contribution in [-0.4, -0.2) is 17.1 Å². The quantitative estimate of drug-likeness (QED) is 0.660. The Morgan fingerprint density at radius 3 is 2.36 bits per heavy atom. The van der Waals surface area contributed by atoms with Gasteiger partial charge in [-0.05, 0) is 12.5 Å². The minimum atomic E-state index is -1.04. The Hall–Kier alpha value is -0.620. The van der Waals surface area contributed by atoms with Gasteiger partial charge >= 0.3 is 5.97 Å². The van der Waals surface area contributed by atoms with Crippen LogP contribution in [0, 0.1) is 0 Å². The van der Waals surface area contributed by atoms with Crippen LogP contribution in [-0.2, 0) is 8.22 Å². The SMILES string of the molecule is CC(N)C(I)(C(=O)O)c1ccccc1. The lowest BCUT2D eigenvalue weighted by Gasteiger charge is -2.27. The zero-order valence-electron chi connectivity index (χ0n) is 7.77. The van der Waals surface area contributed by atoms with Crippen LogP contribution in [0.1, 0.15) is 12.5 Å². The first-order chi connectivity index (χ1) is 6.49. The smallest absolute Gasteiger partial charge is 0.325 e. The monoisotopic (exact) mass is 305 g/mol. The first-order valence-corrected chi connectivity index (χ1v) is 5.31. The molecular formula is C10H12INO2. The van der Waals surface area contributed by atoms with Crippen LogP contribution >= 0.6 is 22.6 Å². The standard InChI is InChI=1S/C10H12INO2/c1-7(12)10(11,9(13)14)8-5-3-2-4-6-8/h2-7H,12H2,1H3,(H,13,14). The van der Waals surface area contributed by atoms with Gasteiger partial charge in [0, 0.05) is 6.04 Å². The van der Waals surface area contributed by atoms with Crippen molar-refractivity contribution in [3.8, 4) is 0 Å². The molecular weight excluding hydrogens is 293 g/mol. The molecule has 0 saturated heterocycles. The number of alkyl halides is 1. The first kappa shape index (κ1) is 11.5. The van der Waals surface area contributed by atoms with Crippen molar-refractivity contribution in [3.63, 3.8) is 0 Å². The van der Waals surface area contributed by atoms with Crippen molar-refractivity contribution in [1.82, 2.24) is 0 Å². The molecule has 2 atom stereocenters. The van der Waals surface area contributed by atoms with Crippen LogP contribution in [0.5, 0.6) is 0 Å². The molecule has 0 aliphatic rings. The van der Waals surface area contributed by atoms with Crippen molar-refractivity contribution < 1.29 is 9.90 Å². The molecule has 0 spiro atoms. The summed E-state index contributed by atoms with van der Waals surface area (Å²) in [4.78, 5) is 11.2. The van der Waals surface area contributed by atoms with Crippen molar-refractivity contribution in [2.75, 3.05) is 0 Å². The summed E-state index contributed by atoms with van der Waals surface area (Å²) in [5.74, 6) is -0.903. The van der Waals surface area contributed by atoms with E-state index in [2.05, 4.69) is 0 Å². The largest absolute Gasteiger partial charge is 0.480 e. The van der Waals surface area contributed by atoms with Crippen molar-refractivity contribution in [2.45, 2.75) is 16.4 Å². The fraction of sp³-hybridized carbons (Fsp3) is 0.300. The van der Waals surface area contributed by atoms with Gasteiger partial charge in [-0.15, -0.1) is 0 Å². The van der Waals surface area contributed by atoms with Crippen molar-refractivity contribution in [2.24, 2.45) is 5.73 Å². The third-order valence-corrected chi connectivity index (χ3v) is 4.20. The molecule has 1 aromatic carbocycles. The molecule has 14 heavy (non-hydrogen) atoms. The van der Waals surface area contributed by atoms with Gasteiger partial charge < -0.3 is 10.8 Å². The van der Waals surface area contributed by atoms with Crippen LogP contribution in [0.15, 0.2) is 30.3 Å². The Bertz CT molecular complexity index is 326. The Balaban J connectivity index is 3.20. The van der Waals surface area contributed by atoms with Crippen LogP contribution < -0.4 is 5.73 Å². The minimum absolute atomic E-state index is 0.442. The van der Waals surface area contributed by atoms with E-state index in [9.17, 15) is 4.79 Å². The van der Waals surface area contributed by atoms with Gasteiger partial charge in [0.15, 0.2) is 3.42 Å². The average Bonchev–Trinajstić information content (AvgIpc) is 2.17. The van der Waals surface area contributed by atoms with E-state index in [1.165, 1.54) is 0 Å². The number of carboxylic acids is 1. The van der Waals surface area contributed by atoms with Gasteiger partial charge in [-0.1, -0.05) is 52.9 Å². The van der Waals surface area contributed by atoms with Gasteiger partial charge in [-0.2, -0.15) is 0 Å². The van der Waals surface area contributed by atoms with Crippen LogP contribution in [0.2, 0.25) is 0 Å². The molecule has 0 aliphatic carbocycles. The molecule has 3 N–H and O–H groups in total. The number of hydrogen-bond donors (Lipinski definition) is 2. The molecule has 0 aromatic heterocycles. The highest BCUT2D eigenvalue weighted by molar-refractivity contribution is 14.1. The number of carbonyl (C=O) groups is 1. The minimum Gasteiger partial charge on any atom is -0.480 e. The number of carboxylic acid groups (broad SMARTS) is 1. The number of rotatable bonds is 3. The molecule has 0 saturated carbocycles. The Labute approximate surface area is 96.4 Å². The lowest BCUT2D eigenvalue weighted by atomic mass is 9.93. The topological polar surface area (TPSA) is 63.3 Å². The van der Waals surface area contributed by atoms with E-state index in [0.717, 1.165) is 5.56 Å². The molecule has 2 unspecified atom stereocenters. The fourth-order valence-corrected chi connectivity index (χ4v) is 1.62. The second-order valence-electron chi connectivity index (χ2n) is 3.17. The molecule has 1 rings (SSSR count). The second-order valence-corrected chi connectivity index (χ2v) is 4.87. The molecule has 0 aliphatic heterocycles. The zero-order valence-corrected chi connectivity index (χ0v) is 9.93. The van der Waals surface area contributed by atoms with Gasteiger partial charge in [0.1, 0.15) is 0 Å².